The van der Waals surface area contributed by atoms with Crippen molar-refractivity contribution < 1.29 is 9.47 Å². The van der Waals surface area contributed by atoms with E-state index < -0.39 is 0 Å². The van der Waals surface area contributed by atoms with Gasteiger partial charge in [-0.15, -0.1) is 0 Å². The zero-order valence-electron chi connectivity index (χ0n) is 14.2. The Labute approximate surface area is 134 Å². The average molecular weight is 303 g/mol. The Hall–Kier alpha value is -1.22. The maximum absolute atomic E-state index is 5.71. The van der Waals surface area contributed by atoms with E-state index in [0.717, 1.165) is 30.3 Å². The summed E-state index contributed by atoms with van der Waals surface area (Å²) in [5.41, 5.74) is 2.72. The number of rotatable bonds is 4. The quantitative estimate of drug-likeness (QED) is 0.902. The van der Waals surface area contributed by atoms with Gasteiger partial charge >= 0.3 is 0 Å². The third kappa shape index (κ3) is 2.83. The zero-order chi connectivity index (χ0) is 15.5. The van der Waals surface area contributed by atoms with E-state index >= 15 is 0 Å². The van der Waals surface area contributed by atoms with Crippen molar-refractivity contribution in [3.8, 4) is 11.5 Å². The van der Waals surface area contributed by atoms with E-state index in [1.165, 1.54) is 43.2 Å². The molecule has 2 aliphatic rings. The van der Waals surface area contributed by atoms with E-state index in [1.54, 1.807) is 14.2 Å². The van der Waals surface area contributed by atoms with Gasteiger partial charge in [0.1, 0.15) is 11.5 Å². The highest BCUT2D eigenvalue weighted by Gasteiger charge is 2.35. The lowest BCUT2D eigenvalue weighted by Crippen LogP contribution is -2.43. The monoisotopic (exact) mass is 303 g/mol. The highest BCUT2D eigenvalue weighted by atomic mass is 16.5. The van der Waals surface area contributed by atoms with Crippen molar-refractivity contribution >= 4 is 0 Å². The van der Waals surface area contributed by atoms with Gasteiger partial charge in [-0.25, -0.2) is 0 Å². The van der Waals surface area contributed by atoms with Crippen LogP contribution in [0.5, 0.6) is 11.5 Å². The summed E-state index contributed by atoms with van der Waals surface area (Å²) in [6, 6.07) is 5.09. The second-order valence-electron chi connectivity index (χ2n) is 6.71. The van der Waals surface area contributed by atoms with Crippen LogP contribution in [0.4, 0.5) is 0 Å². The van der Waals surface area contributed by atoms with Crippen LogP contribution in [0.3, 0.4) is 0 Å². The minimum absolute atomic E-state index is 0.416. The van der Waals surface area contributed by atoms with Crippen LogP contribution in [0.2, 0.25) is 0 Å². The average Bonchev–Trinajstić information content (AvgIpc) is 2.60. The molecule has 0 saturated heterocycles. The van der Waals surface area contributed by atoms with Gasteiger partial charge in [0.05, 0.1) is 14.2 Å². The summed E-state index contributed by atoms with van der Waals surface area (Å²) >= 11 is 0. The van der Waals surface area contributed by atoms with Gasteiger partial charge in [0, 0.05) is 23.2 Å². The van der Waals surface area contributed by atoms with E-state index in [0.29, 0.717) is 12.1 Å². The summed E-state index contributed by atoms with van der Waals surface area (Å²) in [4.78, 5) is 0. The molecule has 1 aliphatic carbocycles. The van der Waals surface area contributed by atoms with E-state index in [4.69, 9.17) is 9.47 Å². The second kappa shape index (κ2) is 6.91. The third-order valence-corrected chi connectivity index (χ3v) is 5.50. The fraction of sp³-hybridized carbons (Fsp3) is 0.684. The number of nitrogens with one attached hydrogen (secondary N) is 1. The normalized spacial score (nSPS) is 25.6. The summed E-state index contributed by atoms with van der Waals surface area (Å²) in [5.74, 6) is 2.77. The Kier molecular flexibility index (Phi) is 4.92. The lowest BCUT2D eigenvalue weighted by atomic mass is 9.76. The Bertz CT molecular complexity index is 508. The molecule has 3 heteroatoms. The number of hydrogen-bond donors (Lipinski definition) is 1. The van der Waals surface area contributed by atoms with Crippen LogP contribution in [0.25, 0.3) is 0 Å². The summed E-state index contributed by atoms with van der Waals surface area (Å²) in [6.45, 7) is 2.27. The smallest absolute Gasteiger partial charge is 0.124 e. The molecular formula is C19H29NO2. The predicted octanol–water partition coefficient (Wildman–Crippen LogP) is 4.25. The first-order valence-corrected chi connectivity index (χ1v) is 8.78. The molecule has 3 nitrogen and oxygen atoms in total. The highest BCUT2D eigenvalue weighted by molar-refractivity contribution is 5.52. The fourth-order valence-electron chi connectivity index (χ4n) is 4.29. The molecule has 0 aromatic heterocycles. The van der Waals surface area contributed by atoms with Crippen LogP contribution in [-0.4, -0.2) is 20.3 Å². The Morgan fingerprint density at radius 3 is 2.36 bits per heavy atom. The molecule has 1 aromatic rings. The van der Waals surface area contributed by atoms with Crippen molar-refractivity contribution in [3.05, 3.63) is 23.3 Å². The summed E-state index contributed by atoms with van der Waals surface area (Å²) in [5, 5.41) is 3.92. The predicted molar refractivity (Wildman–Crippen MR) is 89.8 cm³/mol. The maximum atomic E-state index is 5.71. The fourth-order valence-corrected chi connectivity index (χ4v) is 4.29. The molecule has 22 heavy (non-hydrogen) atoms. The Morgan fingerprint density at radius 2 is 1.73 bits per heavy atom. The first kappa shape index (κ1) is 15.7. The lowest BCUT2D eigenvalue weighted by Gasteiger charge is -2.40. The number of fused-ring (bicyclic) bond motifs is 1. The van der Waals surface area contributed by atoms with Gasteiger partial charge in [0.2, 0.25) is 0 Å². The minimum Gasteiger partial charge on any atom is -0.496 e. The van der Waals surface area contributed by atoms with Crippen molar-refractivity contribution in [2.24, 2.45) is 5.92 Å². The molecule has 1 fully saturated rings. The molecule has 0 bridgehead atoms. The van der Waals surface area contributed by atoms with Crippen molar-refractivity contribution in [2.75, 3.05) is 14.2 Å². The molecule has 122 valence electrons. The molecule has 1 aliphatic heterocycles. The molecular weight excluding hydrogens is 274 g/mol. The summed E-state index contributed by atoms with van der Waals surface area (Å²) in [6.07, 6.45) is 8.96. The van der Waals surface area contributed by atoms with Crippen LogP contribution in [0, 0.1) is 5.92 Å². The molecule has 0 spiro atoms. The van der Waals surface area contributed by atoms with E-state index in [1.807, 2.05) is 0 Å². The standard InChI is InChI=1S/C19H29NO2/c1-4-14-12-15-16(21-2)10-11-17(22-3)18(15)19(20-14)13-8-6-5-7-9-13/h10-11,13-14,19-20H,4-9,12H2,1-3H3. The molecule has 0 radical (unpaired) electrons. The molecule has 1 aromatic carbocycles. The van der Waals surface area contributed by atoms with Crippen molar-refractivity contribution in [1.29, 1.82) is 0 Å². The summed E-state index contributed by atoms with van der Waals surface area (Å²) in [7, 11) is 3.56. The molecule has 2 unspecified atom stereocenters. The van der Waals surface area contributed by atoms with Crippen LogP contribution in [0.15, 0.2) is 12.1 Å². The molecule has 0 amide bonds. The Balaban J connectivity index is 2.04. The number of hydrogen-bond acceptors (Lipinski definition) is 3. The molecule has 1 saturated carbocycles. The van der Waals surface area contributed by atoms with Crippen molar-refractivity contribution in [1.82, 2.24) is 5.32 Å². The third-order valence-electron chi connectivity index (χ3n) is 5.50. The second-order valence-corrected chi connectivity index (χ2v) is 6.71. The van der Waals surface area contributed by atoms with Gasteiger partial charge < -0.3 is 14.8 Å². The van der Waals surface area contributed by atoms with E-state index in [9.17, 15) is 0 Å². The number of ether oxygens (including phenoxy) is 2. The van der Waals surface area contributed by atoms with Gasteiger partial charge in [-0.05, 0) is 43.7 Å². The summed E-state index contributed by atoms with van der Waals surface area (Å²) < 4.78 is 11.4. The lowest BCUT2D eigenvalue weighted by molar-refractivity contribution is 0.230. The van der Waals surface area contributed by atoms with Gasteiger partial charge in [0.15, 0.2) is 0 Å². The highest BCUT2D eigenvalue weighted by Crippen LogP contribution is 2.45. The molecule has 3 rings (SSSR count). The van der Waals surface area contributed by atoms with Gasteiger partial charge in [-0.2, -0.15) is 0 Å². The number of methoxy groups -OCH3 is 2. The van der Waals surface area contributed by atoms with Crippen molar-refractivity contribution in [2.45, 2.75) is 64.0 Å². The van der Waals surface area contributed by atoms with Crippen LogP contribution in [-0.2, 0) is 6.42 Å². The SMILES string of the molecule is CCC1Cc2c(OC)ccc(OC)c2C(C2CCCCC2)N1. The largest absolute Gasteiger partial charge is 0.496 e. The minimum atomic E-state index is 0.416. The van der Waals surface area contributed by atoms with Gasteiger partial charge in [-0.3, -0.25) is 0 Å². The topological polar surface area (TPSA) is 30.5 Å². The van der Waals surface area contributed by atoms with Crippen molar-refractivity contribution in [3.63, 3.8) is 0 Å². The van der Waals surface area contributed by atoms with Crippen LogP contribution < -0.4 is 14.8 Å². The van der Waals surface area contributed by atoms with E-state index in [2.05, 4.69) is 24.4 Å². The Morgan fingerprint density at radius 1 is 1.05 bits per heavy atom. The van der Waals surface area contributed by atoms with Crippen LogP contribution >= 0.6 is 0 Å². The zero-order valence-corrected chi connectivity index (χ0v) is 14.2. The molecule has 2 atom stereocenters. The van der Waals surface area contributed by atoms with Gasteiger partial charge in [0.25, 0.3) is 0 Å². The molecule has 1 heterocycles. The van der Waals surface area contributed by atoms with E-state index in [-0.39, 0.29) is 0 Å². The molecule has 1 N–H and O–H groups in total. The van der Waals surface area contributed by atoms with Crippen LogP contribution in [0.1, 0.15) is 62.6 Å². The number of benzene rings is 1. The first-order chi connectivity index (χ1) is 10.8. The van der Waals surface area contributed by atoms with Gasteiger partial charge in [-0.1, -0.05) is 26.2 Å². The maximum Gasteiger partial charge on any atom is 0.124 e. The first-order valence-electron chi connectivity index (χ1n) is 8.78.